The number of halogens is 1. The van der Waals surface area contributed by atoms with Crippen LogP contribution in [0.5, 0.6) is 0 Å². The van der Waals surface area contributed by atoms with Gasteiger partial charge < -0.3 is 10.0 Å². The number of Topliss-reactive ketones (excluding diaryl/α,β-unsaturated/α-hetero) is 1. The molecule has 156 valence electrons. The third kappa shape index (κ3) is 3.72. The lowest BCUT2D eigenvalue weighted by molar-refractivity contribution is -0.140. The number of benzene rings is 2. The molecule has 3 aromatic rings. The molecule has 1 fully saturated rings. The number of aliphatic hydroxyl groups is 1. The summed E-state index contributed by atoms with van der Waals surface area (Å²) in [6.45, 7) is 3.63. The Bertz CT molecular complexity index is 1200. The monoisotopic (exact) mass is 416 g/mol. The number of pyridine rings is 1. The Morgan fingerprint density at radius 3 is 2.52 bits per heavy atom. The van der Waals surface area contributed by atoms with Gasteiger partial charge in [0.05, 0.1) is 11.6 Å². The largest absolute Gasteiger partial charge is 0.507 e. The lowest BCUT2D eigenvalue weighted by Crippen LogP contribution is -2.29. The van der Waals surface area contributed by atoms with Crippen LogP contribution in [0.3, 0.4) is 0 Å². The molecule has 0 bridgehead atoms. The summed E-state index contributed by atoms with van der Waals surface area (Å²) in [5.74, 6) is -2.19. The maximum Gasteiger partial charge on any atom is 0.295 e. The Kier molecular flexibility index (Phi) is 5.38. The molecule has 1 aromatic heterocycles. The van der Waals surface area contributed by atoms with Gasteiger partial charge in [0, 0.05) is 24.5 Å². The van der Waals surface area contributed by atoms with Crippen molar-refractivity contribution < 1.29 is 19.1 Å². The van der Waals surface area contributed by atoms with Crippen molar-refractivity contribution in [1.29, 1.82) is 0 Å². The van der Waals surface area contributed by atoms with Crippen LogP contribution in [0.15, 0.2) is 72.6 Å². The van der Waals surface area contributed by atoms with Gasteiger partial charge in [-0.25, -0.2) is 4.39 Å². The first-order chi connectivity index (χ1) is 14.9. The predicted molar refractivity (Wildman–Crippen MR) is 114 cm³/mol. The highest BCUT2D eigenvalue weighted by Crippen LogP contribution is 2.41. The van der Waals surface area contributed by atoms with Crippen molar-refractivity contribution in [3.8, 4) is 0 Å². The van der Waals surface area contributed by atoms with Crippen molar-refractivity contribution in [3.05, 3.63) is 106 Å². The zero-order valence-electron chi connectivity index (χ0n) is 17.2. The normalized spacial score (nSPS) is 17.9. The number of carbonyl (C=O) groups is 2. The molecule has 1 N–H and O–H groups in total. The van der Waals surface area contributed by atoms with Crippen molar-refractivity contribution in [2.75, 3.05) is 0 Å². The second-order valence-corrected chi connectivity index (χ2v) is 7.61. The Balaban J connectivity index is 1.90. The van der Waals surface area contributed by atoms with Crippen LogP contribution in [0.2, 0.25) is 0 Å². The van der Waals surface area contributed by atoms with Gasteiger partial charge in [0.25, 0.3) is 11.7 Å². The topological polar surface area (TPSA) is 70.5 Å². The summed E-state index contributed by atoms with van der Waals surface area (Å²) < 4.78 is 13.7. The van der Waals surface area contributed by atoms with E-state index in [4.69, 9.17) is 0 Å². The van der Waals surface area contributed by atoms with E-state index in [9.17, 15) is 19.1 Å². The Labute approximate surface area is 179 Å². The molecular weight excluding hydrogens is 395 g/mol. The second-order valence-electron chi connectivity index (χ2n) is 7.61. The molecule has 2 aromatic carbocycles. The van der Waals surface area contributed by atoms with Crippen molar-refractivity contribution in [2.24, 2.45) is 0 Å². The summed E-state index contributed by atoms with van der Waals surface area (Å²) in [4.78, 5) is 31.6. The Morgan fingerprint density at radius 2 is 1.84 bits per heavy atom. The third-order valence-electron chi connectivity index (χ3n) is 5.53. The molecule has 1 aliphatic heterocycles. The van der Waals surface area contributed by atoms with Crippen LogP contribution in [0.4, 0.5) is 4.39 Å². The van der Waals surface area contributed by atoms with E-state index in [1.54, 1.807) is 25.4 Å². The molecule has 0 radical (unpaired) electrons. The minimum absolute atomic E-state index is 0.00537. The van der Waals surface area contributed by atoms with E-state index >= 15 is 0 Å². The molecule has 0 spiro atoms. The minimum atomic E-state index is -0.772. The maximum absolute atomic E-state index is 13.7. The number of hydrogen-bond donors (Lipinski definition) is 1. The summed E-state index contributed by atoms with van der Waals surface area (Å²) in [6.07, 6.45) is 3.27. The summed E-state index contributed by atoms with van der Waals surface area (Å²) in [7, 11) is 0. The van der Waals surface area contributed by atoms with E-state index in [-0.39, 0.29) is 23.4 Å². The van der Waals surface area contributed by atoms with Crippen LogP contribution in [-0.4, -0.2) is 26.7 Å². The quantitative estimate of drug-likeness (QED) is 0.387. The highest BCUT2D eigenvalue weighted by molar-refractivity contribution is 6.46. The number of nitrogens with zero attached hydrogens (tertiary/aromatic N) is 2. The molecule has 0 aliphatic carbocycles. The lowest BCUT2D eigenvalue weighted by Gasteiger charge is -2.26. The molecule has 6 heteroatoms. The highest BCUT2D eigenvalue weighted by Gasteiger charge is 2.46. The van der Waals surface area contributed by atoms with Crippen LogP contribution in [0, 0.1) is 19.7 Å². The molecule has 1 unspecified atom stereocenters. The van der Waals surface area contributed by atoms with E-state index in [0.717, 1.165) is 16.7 Å². The van der Waals surface area contributed by atoms with Crippen molar-refractivity contribution in [3.63, 3.8) is 0 Å². The number of hydrogen-bond acceptors (Lipinski definition) is 4. The third-order valence-corrected chi connectivity index (χ3v) is 5.53. The van der Waals surface area contributed by atoms with E-state index in [2.05, 4.69) is 4.98 Å². The standard InChI is InChI=1S/C25H21FN2O3/c1-15-6-3-4-8-19(15)22-21(23(29)18-9-10-20(26)16(2)12-18)24(30)25(31)28(22)14-17-7-5-11-27-13-17/h3-13,22,29H,14H2,1-2H3/b23-21+. The smallest absolute Gasteiger partial charge is 0.295 e. The maximum atomic E-state index is 13.7. The van der Waals surface area contributed by atoms with Gasteiger partial charge in [-0.2, -0.15) is 0 Å². The number of aryl methyl sites for hydroxylation is 2. The molecule has 1 saturated heterocycles. The first-order valence-electron chi connectivity index (χ1n) is 9.88. The SMILES string of the molecule is Cc1cc(/C(O)=C2\C(=O)C(=O)N(Cc3cccnc3)C2c2ccccc2C)ccc1F. The van der Waals surface area contributed by atoms with E-state index in [1.165, 1.54) is 23.1 Å². The van der Waals surface area contributed by atoms with Crippen LogP contribution >= 0.6 is 0 Å². The first-order valence-corrected chi connectivity index (χ1v) is 9.88. The number of aliphatic hydroxyl groups excluding tert-OH is 1. The van der Waals surface area contributed by atoms with Gasteiger partial charge in [-0.15, -0.1) is 0 Å². The number of amides is 1. The van der Waals surface area contributed by atoms with Gasteiger partial charge in [0.2, 0.25) is 0 Å². The van der Waals surface area contributed by atoms with Crippen LogP contribution in [-0.2, 0) is 16.1 Å². The average molecular weight is 416 g/mol. The Morgan fingerprint density at radius 1 is 1.06 bits per heavy atom. The number of likely N-dealkylation sites (tertiary alicyclic amines) is 1. The van der Waals surface area contributed by atoms with Crippen LogP contribution in [0.1, 0.15) is 33.9 Å². The molecule has 1 atom stereocenters. The summed E-state index contributed by atoms with van der Waals surface area (Å²) in [5.41, 5.74) is 3.01. The molecule has 4 rings (SSSR count). The fraction of sp³-hybridized carbons (Fsp3) is 0.160. The fourth-order valence-corrected chi connectivity index (χ4v) is 3.90. The van der Waals surface area contributed by atoms with Gasteiger partial charge in [0.15, 0.2) is 0 Å². The summed E-state index contributed by atoms with van der Waals surface area (Å²) in [6, 6.07) is 14.3. The van der Waals surface area contributed by atoms with Gasteiger partial charge >= 0.3 is 0 Å². The van der Waals surface area contributed by atoms with E-state index in [0.29, 0.717) is 5.56 Å². The summed E-state index contributed by atoms with van der Waals surface area (Å²) >= 11 is 0. The molecule has 0 saturated carbocycles. The zero-order chi connectivity index (χ0) is 22.1. The zero-order valence-corrected chi connectivity index (χ0v) is 17.2. The lowest BCUT2D eigenvalue weighted by atomic mass is 9.92. The molecule has 5 nitrogen and oxygen atoms in total. The van der Waals surface area contributed by atoms with Crippen LogP contribution < -0.4 is 0 Å². The molecule has 1 amide bonds. The predicted octanol–water partition coefficient (Wildman–Crippen LogP) is 4.46. The number of ketones is 1. The van der Waals surface area contributed by atoms with Crippen molar-refractivity contribution >= 4 is 17.4 Å². The first kappa shape index (κ1) is 20.5. The van der Waals surface area contributed by atoms with Gasteiger partial charge in [0.1, 0.15) is 11.6 Å². The molecule has 31 heavy (non-hydrogen) atoms. The van der Waals surface area contributed by atoms with Gasteiger partial charge in [-0.1, -0.05) is 30.3 Å². The Hall–Kier alpha value is -3.80. The minimum Gasteiger partial charge on any atom is -0.507 e. The van der Waals surface area contributed by atoms with Crippen molar-refractivity contribution in [1.82, 2.24) is 9.88 Å². The van der Waals surface area contributed by atoms with Gasteiger partial charge in [-0.3, -0.25) is 14.6 Å². The number of carbonyl (C=O) groups excluding carboxylic acids is 2. The van der Waals surface area contributed by atoms with E-state index in [1.807, 2.05) is 37.3 Å². The number of aromatic nitrogens is 1. The van der Waals surface area contributed by atoms with Crippen molar-refractivity contribution in [2.45, 2.75) is 26.4 Å². The van der Waals surface area contributed by atoms with Gasteiger partial charge in [-0.05, 0) is 60.4 Å². The second kappa shape index (κ2) is 8.14. The number of rotatable bonds is 4. The molecule has 1 aliphatic rings. The summed E-state index contributed by atoms with van der Waals surface area (Å²) in [5, 5.41) is 11.1. The van der Waals surface area contributed by atoms with Crippen LogP contribution in [0.25, 0.3) is 5.76 Å². The average Bonchev–Trinajstić information content (AvgIpc) is 3.01. The van der Waals surface area contributed by atoms with E-state index < -0.39 is 23.5 Å². The molecule has 2 heterocycles. The highest BCUT2D eigenvalue weighted by atomic mass is 19.1. The fourth-order valence-electron chi connectivity index (χ4n) is 3.90. The molecular formula is C25H21FN2O3.